The van der Waals surface area contributed by atoms with Crippen molar-refractivity contribution in [2.45, 2.75) is 25.7 Å². The Kier molecular flexibility index (Phi) is 5.90. The Hall–Kier alpha value is -2.85. The maximum absolute atomic E-state index is 13.1. The molecule has 0 radical (unpaired) electrons. The van der Waals surface area contributed by atoms with Gasteiger partial charge >= 0.3 is 0 Å². The van der Waals surface area contributed by atoms with Gasteiger partial charge in [0.15, 0.2) is 5.78 Å². The van der Waals surface area contributed by atoms with Crippen LogP contribution in [0.3, 0.4) is 0 Å². The van der Waals surface area contributed by atoms with Gasteiger partial charge in [-0.3, -0.25) is 4.79 Å². The van der Waals surface area contributed by atoms with E-state index in [1.807, 2.05) is 12.2 Å². The molecule has 0 spiro atoms. The predicted molar refractivity (Wildman–Crippen MR) is 130 cm³/mol. The highest BCUT2D eigenvalue weighted by molar-refractivity contribution is 6.14. The molecule has 160 valence electrons. The van der Waals surface area contributed by atoms with Gasteiger partial charge in [-0.05, 0) is 73.2 Å². The maximum Gasteiger partial charge on any atom is 0.187 e. The van der Waals surface area contributed by atoms with E-state index in [-0.39, 0.29) is 5.78 Å². The Labute approximate surface area is 185 Å². The molecule has 0 aromatic heterocycles. The van der Waals surface area contributed by atoms with Crippen LogP contribution in [-0.2, 0) is 4.79 Å². The fourth-order valence-electron chi connectivity index (χ4n) is 4.85. The molecule has 5 rings (SSSR count). The smallest absolute Gasteiger partial charge is 0.187 e. The average Bonchev–Trinajstić information content (AvgIpc) is 3.52. The van der Waals surface area contributed by atoms with Crippen molar-refractivity contribution in [3.63, 3.8) is 0 Å². The van der Waals surface area contributed by atoms with E-state index in [0.29, 0.717) is 13.1 Å². The van der Waals surface area contributed by atoms with Gasteiger partial charge in [0.1, 0.15) is 0 Å². The number of hydrogen-bond donors (Lipinski definition) is 1. The second-order valence-corrected chi connectivity index (χ2v) is 8.84. The molecule has 0 saturated carbocycles. The topological polar surface area (TPSA) is 35.6 Å². The van der Waals surface area contributed by atoms with Crippen LogP contribution in [0.4, 0.5) is 11.4 Å². The van der Waals surface area contributed by atoms with Crippen molar-refractivity contribution >= 4 is 29.3 Å². The van der Waals surface area contributed by atoms with Crippen LogP contribution in [0.1, 0.15) is 36.8 Å². The quantitative estimate of drug-likeness (QED) is 0.748. The van der Waals surface area contributed by atoms with Crippen LogP contribution in [-0.4, -0.2) is 45.1 Å². The van der Waals surface area contributed by atoms with Gasteiger partial charge in [-0.2, -0.15) is 0 Å². The normalized spacial score (nSPS) is 22.1. The summed E-state index contributed by atoms with van der Waals surface area (Å²) in [6, 6.07) is 17.2. The van der Waals surface area contributed by atoms with Crippen molar-refractivity contribution in [1.82, 2.24) is 5.32 Å². The van der Waals surface area contributed by atoms with Crippen LogP contribution in [0.15, 0.2) is 59.7 Å². The predicted octanol–water partition coefficient (Wildman–Crippen LogP) is 4.53. The summed E-state index contributed by atoms with van der Waals surface area (Å²) in [4.78, 5) is 18.0. The molecule has 3 aliphatic heterocycles. The van der Waals surface area contributed by atoms with Crippen LogP contribution < -0.4 is 15.1 Å². The number of piperidine rings is 1. The molecule has 31 heavy (non-hydrogen) atoms. The minimum atomic E-state index is 0.158. The minimum absolute atomic E-state index is 0.158. The number of anilines is 2. The molecule has 2 aromatic carbocycles. The standard InChI is InChI=1S/C27H31N3O/c31-27-23(17-21-5-9-25(10-6-21)29-13-1-2-14-29)19-28-20-24(27)18-22-7-11-26(12-8-22)30-15-3-4-16-30/h5-12,17-18,28H,1-4,13-16,19-20H2/b23-17-,24-18+. The van der Waals surface area contributed by atoms with Gasteiger partial charge < -0.3 is 15.1 Å². The zero-order valence-electron chi connectivity index (χ0n) is 18.1. The highest BCUT2D eigenvalue weighted by Gasteiger charge is 2.20. The highest BCUT2D eigenvalue weighted by Crippen LogP contribution is 2.24. The zero-order chi connectivity index (χ0) is 21.0. The molecule has 3 heterocycles. The maximum atomic E-state index is 13.1. The molecule has 0 amide bonds. The average molecular weight is 414 g/mol. The molecular weight excluding hydrogens is 382 g/mol. The summed E-state index contributed by atoms with van der Waals surface area (Å²) in [6.07, 6.45) is 9.19. The van der Waals surface area contributed by atoms with Crippen molar-refractivity contribution in [3.8, 4) is 0 Å². The third-order valence-electron chi connectivity index (χ3n) is 6.62. The van der Waals surface area contributed by atoms with E-state index in [0.717, 1.165) is 48.5 Å². The SMILES string of the molecule is O=C1/C(=C\c2ccc(N3CCCC3)cc2)CNC/C1=C\c1ccc(N2CCCC2)cc1. The van der Waals surface area contributed by atoms with Crippen LogP contribution in [0.2, 0.25) is 0 Å². The van der Waals surface area contributed by atoms with E-state index in [1.165, 1.54) is 37.1 Å². The second kappa shape index (κ2) is 9.11. The summed E-state index contributed by atoms with van der Waals surface area (Å²) >= 11 is 0. The molecule has 0 aliphatic carbocycles. The Morgan fingerprint density at radius 2 is 1.00 bits per heavy atom. The first-order valence-corrected chi connectivity index (χ1v) is 11.6. The van der Waals surface area contributed by atoms with Crippen LogP contribution in [0.5, 0.6) is 0 Å². The summed E-state index contributed by atoms with van der Waals surface area (Å²) in [6.45, 7) is 5.84. The number of carbonyl (C=O) groups is 1. The number of carbonyl (C=O) groups excluding carboxylic acids is 1. The first-order chi connectivity index (χ1) is 15.3. The molecule has 2 aromatic rings. The van der Waals surface area contributed by atoms with Gasteiger partial charge in [0.25, 0.3) is 0 Å². The van der Waals surface area contributed by atoms with E-state index in [2.05, 4.69) is 63.6 Å². The first kappa shape index (κ1) is 20.1. The number of Topliss-reactive ketones (excluding diaryl/α,β-unsaturated/α-hetero) is 1. The van der Waals surface area contributed by atoms with Crippen molar-refractivity contribution in [2.75, 3.05) is 49.1 Å². The van der Waals surface area contributed by atoms with Crippen molar-refractivity contribution in [2.24, 2.45) is 0 Å². The lowest BCUT2D eigenvalue weighted by Crippen LogP contribution is -2.32. The third-order valence-corrected chi connectivity index (χ3v) is 6.62. The molecule has 0 unspecified atom stereocenters. The Bertz CT molecular complexity index is 897. The molecule has 4 heteroatoms. The van der Waals surface area contributed by atoms with E-state index >= 15 is 0 Å². The number of rotatable bonds is 4. The highest BCUT2D eigenvalue weighted by atomic mass is 16.1. The number of hydrogen-bond acceptors (Lipinski definition) is 4. The monoisotopic (exact) mass is 413 g/mol. The molecule has 3 aliphatic rings. The molecule has 3 saturated heterocycles. The lowest BCUT2D eigenvalue weighted by molar-refractivity contribution is -0.112. The van der Waals surface area contributed by atoms with E-state index < -0.39 is 0 Å². The molecule has 3 fully saturated rings. The van der Waals surface area contributed by atoms with E-state index in [9.17, 15) is 4.79 Å². The lowest BCUT2D eigenvalue weighted by atomic mass is 9.95. The van der Waals surface area contributed by atoms with Crippen LogP contribution >= 0.6 is 0 Å². The Balaban J connectivity index is 1.30. The summed E-state index contributed by atoms with van der Waals surface area (Å²) in [5.74, 6) is 0.158. The minimum Gasteiger partial charge on any atom is -0.372 e. The van der Waals surface area contributed by atoms with E-state index in [4.69, 9.17) is 0 Å². The van der Waals surface area contributed by atoms with Crippen molar-refractivity contribution in [3.05, 3.63) is 70.8 Å². The Morgan fingerprint density at radius 3 is 1.39 bits per heavy atom. The fourth-order valence-corrected chi connectivity index (χ4v) is 4.85. The largest absolute Gasteiger partial charge is 0.372 e. The van der Waals surface area contributed by atoms with Gasteiger partial charge in [0.2, 0.25) is 0 Å². The van der Waals surface area contributed by atoms with E-state index in [1.54, 1.807) is 0 Å². The summed E-state index contributed by atoms with van der Waals surface area (Å²) in [7, 11) is 0. The lowest BCUT2D eigenvalue weighted by Gasteiger charge is -2.19. The molecule has 1 N–H and O–H groups in total. The van der Waals surface area contributed by atoms with Crippen molar-refractivity contribution in [1.29, 1.82) is 0 Å². The van der Waals surface area contributed by atoms with Gasteiger partial charge in [-0.15, -0.1) is 0 Å². The molecule has 4 nitrogen and oxygen atoms in total. The van der Waals surface area contributed by atoms with Gasteiger partial charge in [-0.25, -0.2) is 0 Å². The summed E-state index contributed by atoms with van der Waals surface area (Å²) < 4.78 is 0. The summed E-state index contributed by atoms with van der Waals surface area (Å²) in [5, 5.41) is 3.39. The summed E-state index contributed by atoms with van der Waals surface area (Å²) in [5.41, 5.74) is 6.41. The molecule has 0 bridgehead atoms. The third kappa shape index (κ3) is 4.59. The number of nitrogens with one attached hydrogen (secondary N) is 1. The fraction of sp³-hybridized carbons (Fsp3) is 0.370. The second-order valence-electron chi connectivity index (χ2n) is 8.84. The zero-order valence-corrected chi connectivity index (χ0v) is 18.1. The first-order valence-electron chi connectivity index (χ1n) is 11.6. The number of nitrogens with zero attached hydrogens (tertiary/aromatic N) is 2. The van der Waals surface area contributed by atoms with Gasteiger partial charge in [0, 0.05) is 61.8 Å². The van der Waals surface area contributed by atoms with Gasteiger partial charge in [0.05, 0.1) is 0 Å². The van der Waals surface area contributed by atoms with Crippen LogP contribution in [0, 0.1) is 0 Å². The molecular formula is C27H31N3O. The number of benzene rings is 2. The van der Waals surface area contributed by atoms with Gasteiger partial charge in [-0.1, -0.05) is 24.3 Å². The number of ketones is 1. The Morgan fingerprint density at radius 1 is 0.613 bits per heavy atom. The van der Waals surface area contributed by atoms with Crippen LogP contribution in [0.25, 0.3) is 12.2 Å². The van der Waals surface area contributed by atoms with Crippen molar-refractivity contribution < 1.29 is 4.79 Å². The molecule has 0 atom stereocenters.